The maximum Gasteiger partial charge on any atom is 0.246 e. The van der Waals surface area contributed by atoms with Crippen LogP contribution in [-0.2, 0) is 9.59 Å². The monoisotopic (exact) mass is 249 g/mol. The van der Waals surface area contributed by atoms with E-state index in [-0.39, 0.29) is 11.8 Å². The first kappa shape index (κ1) is 14.2. The maximum absolute atomic E-state index is 11.8. The lowest BCUT2D eigenvalue weighted by atomic mass is 10.2. The molecule has 1 aromatic rings. The van der Waals surface area contributed by atoms with E-state index in [1.807, 2.05) is 25.1 Å². The van der Waals surface area contributed by atoms with E-state index in [9.17, 15) is 9.59 Å². The molecule has 98 valence electrons. The fourth-order valence-electron chi connectivity index (χ4n) is 1.38. The van der Waals surface area contributed by atoms with Gasteiger partial charge in [0.15, 0.2) is 0 Å². The van der Waals surface area contributed by atoms with Gasteiger partial charge >= 0.3 is 0 Å². The lowest BCUT2D eigenvalue weighted by Gasteiger charge is -2.15. The molecule has 0 aliphatic rings. The molecular weight excluding hydrogens is 230 g/mol. The van der Waals surface area contributed by atoms with Crippen LogP contribution in [0.3, 0.4) is 0 Å². The molecule has 0 radical (unpaired) electrons. The number of anilines is 1. The summed E-state index contributed by atoms with van der Waals surface area (Å²) in [5.74, 6) is -0.614. The van der Waals surface area contributed by atoms with Crippen molar-refractivity contribution in [3.05, 3.63) is 29.8 Å². The number of rotatable bonds is 4. The van der Waals surface area contributed by atoms with Crippen molar-refractivity contribution in [2.24, 2.45) is 5.73 Å². The largest absolute Gasteiger partial charge is 0.343 e. The first-order chi connectivity index (χ1) is 8.40. The van der Waals surface area contributed by atoms with Gasteiger partial charge < -0.3 is 16.4 Å². The number of hydrogen-bond acceptors (Lipinski definition) is 3. The van der Waals surface area contributed by atoms with Crippen LogP contribution in [0.1, 0.15) is 19.4 Å². The Balaban J connectivity index is 2.57. The first-order valence-electron chi connectivity index (χ1n) is 5.83. The van der Waals surface area contributed by atoms with E-state index >= 15 is 0 Å². The van der Waals surface area contributed by atoms with Crippen LogP contribution in [0.4, 0.5) is 5.69 Å². The van der Waals surface area contributed by atoms with Gasteiger partial charge in [-0.25, -0.2) is 0 Å². The topological polar surface area (TPSA) is 84.2 Å². The van der Waals surface area contributed by atoms with Crippen molar-refractivity contribution in [2.45, 2.75) is 32.9 Å². The number of carbonyl (C=O) groups excluding carboxylic acids is 2. The molecule has 5 nitrogen and oxygen atoms in total. The van der Waals surface area contributed by atoms with Gasteiger partial charge in [-0.3, -0.25) is 9.59 Å². The summed E-state index contributed by atoms with van der Waals surface area (Å²) < 4.78 is 0. The van der Waals surface area contributed by atoms with Crippen LogP contribution < -0.4 is 16.4 Å². The van der Waals surface area contributed by atoms with Crippen LogP contribution in [0.25, 0.3) is 0 Å². The van der Waals surface area contributed by atoms with Crippen LogP contribution in [0.15, 0.2) is 24.3 Å². The summed E-state index contributed by atoms with van der Waals surface area (Å²) in [6.45, 7) is 5.13. The van der Waals surface area contributed by atoms with E-state index in [1.165, 1.54) is 0 Å². The van der Waals surface area contributed by atoms with Crippen molar-refractivity contribution in [3.8, 4) is 0 Å². The minimum Gasteiger partial charge on any atom is -0.343 e. The Bertz CT molecular complexity index is 444. The Morgan fingerprint density at radius 2 is 1.89 bits per heavy atom. The standard InChI is InChI=1S/C13H19N3O2/c1-8-5-4-6-11(7-8)16-13(18)10(3)15-12(17)9(2)14/h4-7,9-10H,14H2,1-3H3,(H,15,17)(H,16,18)/t9-,10-/m0/s1. The average molecular weight is 249 g/mol. The number of carbonyl (C=O) groups is 2. The third-order valence-electron chi connectivity index (χ3n) is 2.45. The minimum atomic E-state index is -0.626. The quantitative estimate of drug-likeness (QED) is 0.737. The minimum absolute atomic E-state index is 0.269. The van der Waals surface area contributed by atoms with Gasteiger partial charge in [0.1, 0.15) is 6.04 Å². The van der Waals surface area contributed by atoms with Crippen molar-refractivity contribution < 1.29 is 9.59 Å². The molecular formula is C13H19N3O2. The number of nitrogens with two attached hydrogens (primary N) is 1. The summed E-state index contributed by atoms with van der Waals surface area (Å²) in [5.41, 5.74) is 7.18. The summed E-state index contributed by atoms with van der Waals surface area (Å²) in [6, 6.07) is 6.21. The highest BCUT2D eigenvalue weighted by atomic mass is 16.2. The van der Waals surface area contributed by atoms with Crippen molar-refractivity contribution in [3.63, 3.8) is 0 Å². The van der Waals surface area contributed by atoms with Crippen LogP contribution in [0.2, 0.25) is 0 Å². The van der Waals surface area contributed by atoms with E-state index in [4.69, 9.17) is 5.73 Å². The smallest absolute Gasteiger partial charge is 0.246 e. The average Bonchev–Trinajstić information content (AvgIpc) is 2.28. The zero-order chi connectivity index (χ0) is 13.7. The Kier molecular flexibility index (Phi) is 4.85. The van der Waals surface area contributed by atoms with Gasteiger partial charge in [-0.05, 0) is 38.5 Å². The Labute approximate surface area is 107 Å². The van der Waals surface area contributed by atoms with Gasteiger partial charge in [0.05, 0.1) is 6.04 Å². The molecule has 5 heteroatoms. The predicted octanol–water partition coefficient (Wildman–Crippen LogP) is 0.785. The van der Waals surface area contributed by atoms with E-state index in [0.717, 1.165) is 5.56 Å². The molecule has 0 spiro atoms. The molecule has 0 aliphatic heterocycles. The Morgan fingerprint density at radius 3 is 2.44 bits per heavy atom. The van der Waals surface area contributed by atoms with Gasteiger partial charge in [0, 0.05) is 5.69 Å². The van der Waals surface area contributed by atoms with Gasteiger partial charge in [0.25, 0.3) is 0 Å². The molecule has 1 aromatic carbocycles. The molecule has 18 heavy (non-hydrogen) atoms. The molecule has 0 fully saturated rings. The normalized spacial score (nSPS) is 13.6. The molecule has 0 bridgehead atoms. The molecule has 0 unspecified atom stereocenters. The summed E-state index contributed by atoms with van der Waals surface area (Å²) in [4.78, 5) is 23.2. The van der Waals surface area contributed by atoms with Crippen molar-refractivity contribution in [1.82, 2.24) is 5.32 Å². The summed E-state index contributed by atoms with van der Waals surface area (Å²) in [5, 5.41) is 5.27. The van der Waals surface area contributed by atoms with Crippen molar-refractivity contribution >= 4 is 17.5 Å². The SMILES string of the molecule is Cc1cccc(NC(=O)[C@H](C)NC(=O)[C@H](C)N)c1. The molecule has 0 heterocycles. The highest BCUT2D eigenvalue weighted by molar-refractivity contribution is 5.97. The van der Waals surface area contributed by atoms with E-state index in [0.29, 0.717) is 5.69 Å². The molecule has 2 amide bonds. The number of nitrogens with one attached hydrogen (secondary N) is 2. The Hall–Kier alpha value is -1.88. The van der Waals surface area contributed by atoms with Crippen LogP contribution >= 0.6 is 0 Å². The lowest BCUT2D eigenvalue weighted by molar-refractivity contribution is -0.126. The summed E-state index contributed by atoms with van der Waals surface area (Å²) in [6.07, 6.45) is 0. The van der Waals surface area contributed by atoms with Crippen molar-refractivity contribution in [2.75, 3.05) is 5.32 Å². The lowest BCUT2D eigenvalue weighted by Crippen LogP contribution is -2.47. The van der Waals surface area contributed by atoms with E-state index in [2.05, 4.69) is 10.6 Å². The molecule has 0 aliphatic carbocycles. The zero-order valence-corrected chi connectivity index (χ0v) is 10.9. The third kappa shape index (κ3) is 4.18. The van der Waals surface area contributed by atoms with Crippen molar-refractivity contribution in [1.29, 1.82) is 0 Å². The van der Waals surface area contributed by atoms with E-state index in [1.54, 1.807) is 19.9 Å². The fraction of sp³-hybridized carbons (Fsp3) is 0.385. The fourth-order valence-corrected chi connectivity index (χ4v) is 1.38. The zero-order valence-electron chi connectivity index (χ0n) is 10.9. The molecule has 2 atom stereocenters. The van der Waals surface area contributed by atoms with Crippen LogP contribution in [0.5, 0.6) is 0 Å². The number of amides is 2. The predicted molar refractivity (Wildman–Crippen MR) is 71.1 cm³/mol. The molecule has 4 N–H and O–H groups in total. The van der Waals surface area contributed by atoms with Gasteiger partial charge in [-0.1, -0.05) is 12.1 Å². The van der Waals surface area contributed by atoms with Gasteiger partial charge in [-0.15, -0.1) is 0 Å². The number of aryl methyl sites for hydroxylation is 1. The molecule has 0 saturated carbocycles. The second-order valence-electron chi connectivity index (χ2n) is 4.38. The highest BCUT2D eigenvalue weighted by Gasteiger charge is 2.17. The van der Waals surface area contributed by atoms with Crippen LogP contribution in [0, 0.1) is 6.92 Å². The van der Waals surface area contributed by atoms with Gasteiger partial charge in [-0.2, -0.15) is 0 Å². The highest BCUT2D eigenvalue weighted by Crippen LogP contribution is 2.09. The second kappa shape index (κ2) is 6.16. The molecule has 0 saturated heterocycles. The van der Waals surface area contributed by atoms with Gasteiger partial charge in [0.2, 0.25) is 11.8 Å². The van der Waals surface area contributed by atoms with E-state index < -0.39 is 12.1 Å². The number of hydrogen-bond donors (Lipinski definition) is 3. The first-order valence-corrected chi connectivity index (χ1v) is 5.83. The van der Waals surface area contributed by atoms with Crippen LogP contribution in [-0.4, -0.2) is 23.9 Å². The third-order valence-corrected chi connectivity index (χ3v) is 2.45. The number of benzene rings is 1. The summed E-state index contributed by atoms with van der Waals surface area (Å²) >= 11 is 0. The molecule has 0 aromatic heterocycles. The Morgan fingerprint density at radius 1 is 1.22 bits per heavy atom. The summed E-state index contributed by atoms with van der Waals surface area (Å²) in [7, 11) is 0. The maximum atomic E-state index is 11.8. The molecule has 1 rings (SSSR count). The second-order valence-corrected chi connectivity index (χ2v) is 4.38.